The molecule has 6 heteroatoms. The van der Waals surface area contributed by atoms with Crippen LogP contribution in [0, 0.1) is 0 Å². The minimum Gasteiger partial charge on any atom is -0.465 e. The zero-order valence-electron chi connectivity index (χ0n) is 15.1. The van der Waals surface area contributed by atoms with Gasteiger partial charge in [-0.2, -0.15) is 9.78 Å². The van der Waals surface area contributed by atoms with Gasteiger partial charge in [0.1, 0.15) is 11.3 Å². The van der Waals surface area contributed by atoms with Gasteiger partial charge in [-0.3, -0.25) is 0 Å². The van der Waals surface area contributed by atoms with E-state index < -0.39 is 17.7 Å². The molecular weight excluding hydrogens is 332 g/mol. The zero-order valence-corrected chi connectivity index (χ0v) is 15.1. The number of nitrogens with zero attached hydrogens (tertiary/aromatic N) is 2. The number of hydrogen-bond acceptors (Lipinski definition) is 5. The van der Waals surface area contributed by atoms with Gasteiger partial charge in [0.05, 0.1) is 18.2 Å². The van der Waals surface area contributed by atoms with E-state index in [1.54, 1.807) is 45.0 Å². The highest BCUT2D eigenvalue weighted by molar-refractivity contribution is 5.99. The van der Waals surface area contributed by atoms with E-state index in [1.807, 2.05) is 24.3 Å². The summed E-state index contributed by atoms with van der Waals surface area (Å²) in [4.78, 5) is 24.4. The van der Waals surface area contributed by atoms with Gasteiger partial charge in [-0.15, -0.1) is 0 Å². The summed E-state index contributed by atoms with van der Waals surface area (Å²) in [5, 5.41) is 5.25. The highest BCUT2D eigenvalue weighted by atomic mass is 16.6. The molecule has 1 heterocycles. The van der Waals surface area contributed by atoms with Crippen molar-refractivity contribution < 1.29 is 19.1 Å². The minimum atomic E-state index is -0.630. The Labute approximate surface area is 151 Å². The Kier molecular flexibility index (Phi) is 4.50. The number of esters is 1. The van der Waals surface area contributed by atoms with Gasteiger partial charge < -0.3 is 9.47 Å². The summed E-state index contributed by atoms with van der Waals surface area (Å²) in [6.45, 7) is 5.41. The van der Waals surface area contributed by atoms with Gasteiger partial charge in [0, 0.05) is 10.9 Å². The number of ether oxygens (including phenoxy) is 2. The SMILES string of the molecule is COC(=O)c1cccc(-c2nn(C(=O)OC(C)(C)C)c3ccccc23)c1. The van der Waals surface area contributed by atoms with Gasteiger partial charge in [0.25, 0.3) is 0 Å². The topological polar surface area (TPSA) is 70.4 Å². The van der Waals surface area contributed by atoms with Crippen LogP contribution in [0.25, 0.3) is 22.2 Å². The largest absolute Gasteiger partial charge is 0.465 e. The molecule has 6 nitrogen and oxygen atoms in total. The van der Waals surface area contributed by atoms with Crippen molar-refractivity contribution in [1.82, 2.24) is 9.78 Å². The van der Waals surface area contributed by atoms with Crippen LogP contribution in [0.5, 0.6) is 0 Å². The van der Waals surface area contributed by atoms with Gasteiger partial charge in [-0.25, -0.2) is 9.59 Å². The average molecular weight is 352 g/mol. The molecule has 1 aromatic heterocycles. The smallest absolute Gasteiger partial charge is 0.435 e. The third-order valence-electron chi connectivity index (χ3n) is 3.71. The second-order valence-electron chi connectivity index (χ2n) is 6.83. The molecule has 0 saturated heterocycles. The minimum absolute atomic E-state index is 0.417. The fraction of sp³-hybridized carbons (Fsp3) is 0.250. The van der Waals surface area contributed by atoms with E-state index in [1.165, 1.54) is 11.8 Å². The Hall–Kier alpha value is -3.15. The maximum atomic E-state index is 12.5. The molecular formula is C20H20N2O4. The van der Waals surface area contributed by atoms with Crippen molar-refractivity contribution in [3.8, 4) is 11.3 Å². The number of methoxy groups -OCH3 is 1. The molecule has 0 spiro atoms. The Balaban J connectivity index is 2.14. The van der Waals surface area contributed by atoms with Crippen molar-refractivity contribution in [3.63, 3.8) is 0 Å². The highest BCUT2D eigenvalue weighted by Gasteiger charge is 2.22. The number of carbonyl (C=O) groups excluding carboxylic acids is 2. The predicted octanol–water partition coefficient (Wildman–Crippen LogP) is 4.27. The molecule has 0 aliphatic heterocycles. The molecule has 0 atom stereocenters. The predicted molar refractivity (Wildman–Crippen MR) is 98.1 cm³/mol. The first-order valence-electron chi connectivity index (χ1n) is 8.20. The van der Waals surface area contributed by atoms with Crippen LogP contribution in [0.2, 0.25) is 0 Å². The molecule has 0 saturated carbocycles. The number of hydrogen-bond donors (Lipinski definition) is 0. The maximum Gasteiger partial charge on any atom is 0.435 e. The summed E-state index contributed by atoms with van der Waals surface area (Å²) in [5.74, 6) is -0.428. The van der Waals surface area contributed by atoms with Crippen LogP contribution in [0.1, 0.15) is 31.1 Å². The number of rotatable bonds is 2. The number of benzene rings is 2. The molecule has 0 amide bonds. The third-order valence-corrected chi connectivity index (χ3v) is 3.71. The van der Waals surface area contributed by atoms with E-state index in [2.05, 4.69) is 5.10 Å². The quantitative estimate of drug-likeness (QED) is 0.644. The molecule has 134 valence electrons. The van der Waals surface area contributed by atoms with Crippen LogP contribution in [0.4, 0.5) is 4.79 Å². The Morgan fingerprint density at radius 1 is 1.04 bits per heavy atom. The summed E-state index contributed by atoms with van der Waals surface area (Å²) in [6.07, 6.45) is -0.552. The fourth-order valence-electron chi connectivity index (χ4n) is 2.64. The first-order chi connectivity index (χ1) is 12.3. The standard InChI is InChI=1S/C20H20N2O4/c1-20(2,3)26-19(24)22-16-11-6-5-10-15(16)17(21-22)13-8-7-9-14(12-13)18(23)25-4/h5-12H,1-4H3. The van der Waals surface area contributed by atoms with E-state index in [0.717, 1.165) is 5.39 Å². The van der Waals surface area contributed by atoms with E-state index in [9.17, 15) is 9.59 Å². The first-order valence-corrected chi connectivity index (χ1v) is 8.20. The van der Waals surface area contributed by atoms with Gasteiger partial charge in [0.15, 0.2) is 0 Å². The Morgan fingerprint density at radius 3 is 2.46 bits per heavy atom. The molecule has 2 aromatic carbocycles. The van der Waals surface area contributed by atoms with Crippen molar-refractivity contribution in [1.29, 1.82) is 0 Å². The summed E-state index contributed by atoms with van der Waals surface area (Å²) in [6, 6.07) is 14.3. The van der Waals surface area contributed by atoms with E-state index in [4.69, 9.17) is 9.47 Å². The molecule has 0 aliphatic carbocycles. The number of para-hydroxylation sites is 1. The molecule has 3 rings (SSSR count). The van der Waals surface area contributed by atoms with Crippen molar-refractivity contribution in [3.05, 3.63) is 54.1 Å². The van der Waals surface area contributed by atoms with E-state index in [0.29, 0.717) is 22.3 Å². The second kappa shape index (κ2) is 6.63. The van der Waals surface area contributed by atoms with Crippen molar-refractivity contribution in [2.24, 2.45) is 0 Å². The van der Waals surface area contributed by atoms with Crippen LogP contribution in [0.3, 0.4) is 0 Å². The first kappa shape index (κ1) is 17.7. The van der Waals surface area contributed by atoms with Gasteiger partial charge in [0.2, 0.25) is 0 Å². The molecule has 0 radical (unpaired) electrons. The zero-order chi connectivity index (χ0) is 18.9. The molecule has 0 fully saturated rings. The van der Waals surface area contributed by atoms with E-state index >= 15 is 0 Å². The molecule has 0 unspecified atom stereocenters. The Morgan fingerprint density at radius 2 is 1.77 bits per heavy atom. The maximum absolute atomic E-state index is 12.5. The monoisotopic (exact) mass is 352 g/mol. The van der Waals surface area contributed by atoms with Crippen molar-refractivity contribution in [2.45, 2.75) is 26.4 Å². The normalized spacial score (nSPS) is 11.4. The van der Waals surface area contributed by atoms with E-state index in [-0.39, 0.29) is 0 Å². The van der Waals surface area contributed by atoms with Gasteiger partial charge in [-0.05, 0) is 39.0 Å². The third kappa shape index (κ3) is 3.44. The lowest BCUT2D eigenvalue weighted by Crippen LogP contribution is -2.27. The number of aromatic nitrogens is 2. The lowest BCUT2D eigenvalue weighted by molar-refractivity contribution is 0.0521. The lowest BCUT2D eigenvalue weighted by atomic mass is 10.1. The Bertz CT molecular complexity index is 983. The van der Waals surface area contributed by atoms with Gasteiger partial charge in [-0.1, -0.05) is 30.3 Å². The second-order valence-corrected chi connectivity index (χ2v) is 6.83. The van der Waals surface area contributed by atoms with Crippen molar-refractivity contribution in [2.75, 3.05) is 7.11 Å². The van der Waals surface area contributed by atoms with Crippen LogP contribution in [-0.4, -0.2) is 34.6 Å². The van der Waals surface area contributed by atoms with Crippen LogP contribution in [-0.2, 0) is 9.47 Å². The van der Waals surface area contributed by atoms with Crippen LogP contribution in [0.15, 0.2) is 48.5 Å². The lowest BCUT2D eigenvalue weighted by Gasteiger charge is -2.19. The van der Waals surface area contributed by atoms with Crippen LogP contribution >= 0.6 is 0 Å². The molecule has 0 N–H and O–H groups in total. The number of carbonyl (C=O) groups is 2. The van der Waals surface area contributed by atoms with Crippen LogP contribution < -0.4 is 0 Å². The summed E-state index contributed by atoms with van der Waals surface area (Å²) >= 11 is 0. The molecule has 0 bridgehead atoms. The van der Waals surface area contributed by atoms with Gasteiger partial charge >= 0.3 is 12.1 Å². The number of fused-ring (bicyclic) bond motifs is 1. The van der Waals surface area contributed by atoms with Crippen molar-refractivity contribution >= 4 is 23.0 Å². The average Bonchev–Trinajstić information content (AvgIpc) is 2.99. The highest BCUT2D eigenvalue weighted by Crippen LogP contribution is 2.29. The molecule has 26 heavy (non-hydrogen) atoms. The fourth-order valence-corrected chi connectivity index (χ4v) is 2.64. The molecule has 0 aliphatic rings. The summed E-state index contributed by atoms with van der Waals surface area (Å²) < 4.78 is 11.5. The summed E-state index contributed by atoms with van der Waals surface area (Å²) in [7, 11) is 1.33. The molecule has 3 aromatic rings. The summed E-state index contributed by atoms with van der Waals surface area (Å²) in [5.41, 5.74) is 1.74.